The molecule has 1 aromatic heterocycles. The van der Waals surface area contributed by atoms with Gasteiger partial charge in [-0.2, -0.15) is 4.31 Å². The fourth-order valence-corrected chi connectivity index (χ4v) is 5.44. The molecule has 2 aromatic carbocycles. The average Bonchev–Trinajstić information content (AvgIpc) is 3.38. The average molecular weight is 501 g/mol. The highest BCUT2D eigenvalue weighted by atomic mass is 35.5. The Morgan fingerprint density at radius 3 is 2.65 bits per heavy atom. The predicted octanol–water partition coefficient (Wildman–Crippen LogP) is 4.49. The van der Waals surface area contributed by atoms with Crippen LogP contribution < -0.4 is 15.8 Å². The Balaban J connectivity index is 1.49. The standard InChI is InChI=1S/C24H25ClN4O4S/c1-16(33-22-14-19(25)15-27-23(22)26)17-6-4-8-20(12-17)28-24(30)18-7-5-9-21(13-18)34(31,32)29-10-2-3-11-29/h4-9,12-16H,2-3,10-11H2,1H3,(H2,26,27)(H,28,30)/t16-/m1/s1. The van der Waals surface area contributed by atoms with Crippen LogP contribution in [-0.2, 0) is 10.0 Å². The summed E-state index contributed by atoms with van der Waals surface area (Å²) >= 11 is 5.98. The molecule has 1 aliphatic heterocycles. The van der Waals surface area contributed by atoms with Gasteiger partial charge in [-0.1, -0.05) is 29.8 Å². The number of amides is 1. The lowest BCUT2D eigenvalue weighted by Gasteiger charge is -2.17. The van der Waals surface area contributed by atoms with Crippen LogP contribution in [0.4, 0.5) is 11.5 Å². The molecular formula is C24H25ClN4O4S. The minimum atomic E-state index is -3.61. The summed E-state index contributed by atoms with van der Waals surface area (Å²) < 4.78 is 33.0. The Morgan fingerprint density at radius 1 is 1.15 bits per heavy atom. The number of aromatic nitrogens is 1. The second-order valence-electron chi connectivity index (χ2n) is 8.02. The molecule has 34 heavy (non-hydrogen) atoms. The van der Waals surface area contributed by atoms with Crippen LogP contribution in [0.5, 0.6) is 5.75 Å². The Kier molecular flexibility index (Phi) is 7.06. The lowest BCUT2D eigenvalue weighted by molar-refractivity contribution is 0.102. The highest BCUT2D eigenvalue weighted by molar-refractivity contribution is 7.89. The van der Waals surface area contributed by atoms with Crippen molar-refractivity contribution in [1.82, 2.24) is 9.29 Å². The Hall–Kier alpha value is -3.14. The Labute approximate surface area is 203 Å². The third-order valence-corrected chi connectivity index (χ3v) is 7.67. The predicted molar refractivity (Wildman–Crippen MR) is 132 cm³/mol. The van der Waals surface area contributed by atoms with Crippen molar-refractivity contribution in [2.45, 2.75) is 30.8 Å². The van der Waals surface area contributed by atoms with Crippen LogP contribution >= 0.6 is 11.6 Å². The highest BCUT2D eigenvalue weighted by Gasteiger charge is 2.27. The van der Waals surface area contributed by atoms with Gasteiger partial charge >= 0.3 is 0 Å². The van der Waals surface area contributed by atoms with E-state index in [1.165, 1.54) is 22.6 Å². The summed E-state index contributed by atoms with van der Waals surface area (Å²) in [4.78, 5) is 17.0. The monoisotopic (exact) mass is 500 g/mol. The molecule has 0 bridgehead atoms. The van der Waals surface area contributed by atoms with Crippen LogP contribution in [0.2, 0.25) is 5.02 Å². The molecule has 0 aliphatic carbocycles. The number of carbonyl (C=O) groups excluding carboxylic acids is 1. The number of halogens is 1. The normalized spacial score (nSPS) is 15.1. The molecule has 3 aromatic rings. The minimum absolute atomic E-state index is 0.116. The first-order valence-corrected chi connectivity index (χ1v) is 12.6. The van der Waals surface area contributed by atoms with Crippen molar-refractivity contribution < 1.29 is 17.9 Å². The third-order valence-electron chi connectivity index (χ3n) is 5.57. The van der Waals surface area contributed by atoms with Gasteiger partial charge in [0, 0.05) is 36.6 Å². The largest absolute Gasteiger partial charge is 0.482 e. The zero-order valence-electron chi connectivity index (χ0n) is 18.6. The van der Waals surface area contributed by atoms with Crippen LogP contribution in [0.1, 0.15) is 41.8 Å². The molecule has 0 saturated carbocycles. The van der Waals surface area contributed by atoms with Crippen molar-refractivity contribution in [1.29, 1.82) is 0 Å². The number of nitrogen functional groups attached to an aromatic ring is 1. The maximum atomic E-state index is 12.9. The second kappa shape index (κ2) is 10.0. The number of pyridine rings is 1. The van der Waals surface area contributed by atoms with E-state index in [1.54, 1.807) is 36.4 Å². The summed E-state index contributed by atoms with van der Waals surface area (Å²) in [7, 11) is -3.61. The number of anilines is 2. The number of carbonyl (C=O) groups is 1. The number of hydrogen-bond donors (Lipinski definition) is 2. The molecule has 4 rings (SSSR count). The van der Waals surface area contributed by atoms with Crippen LogP contribution in [0.25, 0.3) is 0 Å². The van der Waals surface area contributed by atoms with Gasteiger partial charge in [-0.3, -0.25) is 4.79 Å². The molecule has 1 saturated heterocycles. The van der Waals surface area contributed by atoms with E-state index in [-0.39, 0.29) is 16.3 Å². The minimum Gasteiger partial charge on any atom is -0.482 e. The quantitative estimate of drug-likeness (QED) is 0.493. The summed E-state index contributed by atoms with van der Waals surface area (Å²) in [6.45, 7) is 2.85. The van der Waals surface area contributed by atoms with Crippen molar-refractivity contribution in [3.63, 3.8) is 0 Å². The number of sulfonamides is 1. The molecule has 10 heteroatoms. The first-order valence-electron chi connectivity index (χ1n) is 10.8. The van der Waals surface area contributed by atoms with E-state index in [2.05, 4.69) is 10.3 Å². The Bertz CT molecular complexity index is 1310. The number of nitrogens with one attached hydrogen (secondary N) is 1. The van der Waals surface area contributed by atoms with Gasteiger partial charge in [0.25, 0.3) is 5.91 Å². The molecule has 2 heterocycles. The maximum Gasteiger partial charge on any atom is 0.255 e. The lowest BCUT2D eigenvalue weighted by Crippen LogP contribution is -2.28. The summed E-state index contributed by atoms with van der Waals surface area (Å²) in [5.41, 5.74) is 7.46. The van der Waals surface area contributed by atoms with Gasteiger partial charge in [-0.15, -0.1) is 0 Å². The van der Waals surface area contributed by atoms with E-state index in [0.717, 1.165) is 18.4 Å². The first kappa shape index (κ1) is 24.0. The van der Waals surface area contributed by atoms with Crippen LogP contribution in [0.3, 0.4) is 0 Å². The first-order chi connectivity index (χ1) is 16.2. The van der Waals surface area contributed by atoms with E-state index >= 15 is 0 Å². The zero-order chi connectivity index (χ0) is 24.3. The van der Waals surface area contributed by atoms with Crippen LogP contribution in [-0.4, -0.2) is 36.7 Å². The molecule has 178 valence electrons. The van der Waals surface area contributed by atoms with Crippen molar-refractivity contribution in [3.05, 3.63) is 76.9 Å². The summed E-state index contributed by atoms with van der Waals surface area (Å²) in [5.74, 6) is 0.183. The second-order valence-corrected chi connectivity index (χ2v) is 10.4. The van der Waals surface area contributed by atoms with Gasteiger partial charge < -0.3 is 15.8 Å². The smallest absolute Gasteiger partial charge is 0.255 e. The number of rotatable bonds is 7. The molecular weight excluding hydrogens is 476 g/mol. The number of nitrogens with two attached hydrogens (primary N) is 1. The van der Waals surface area contributed by atoms with E-state index in [1.807, 2.05) is 13.0 Å². The van der Waals surface area contributed by atoms with E-state index < -0.39 is 22.0 Å². The zero-order valence-corrected chi connectivity index (χ0v) is 20.1. The highest BCUT2D eigenvalue weighted by Crippen LogP contribution is 2.29. The van der Waals surface area contributed by atoms with Crippen LogP contribution in [0, 0.1) is 0 Å². The number of hydrogen-bond acceptors (Lipinski definition) is 6. The summed E-state index contributed by atoms with van der Waals surface area (Å²) in [6.07, 6.45) is 2.74. The van der Waals surface area contributed by atoms with Gasteiger partial charge in [0.2, 0.25) is 10.0 Å². The molecule has 0 unspecified atom stereocenters. The topological polar surface area (TPSA) is 115 Å². The summed E-state index contributed by atoms with van der Waals surface area (Å²) in [6, 6.07) is 14.9. The van der Waals surface area contributed by atoms with Gasteiger partial charge in [0.05, 0.1) is 9.92 Å². The van der Waals surface area contributed by atoms with E-state index in [0.29, 0.717) is 29.5 Å². The number of ether oxygens (including phenoxy) is 1. The molecule has 0 radical (unpaired) electrons. The van der Waals surface area contributed by atoms with Crippen LogP contribution in [0.15, 0.2) is 65.7 Å². The lowest BCUT2D eigenvalue weighted by atomic mass is 10.1. The fraction of sp³-hybridized carbons (Fsp3) is 0.250. The van der Waals surface area contributed by atoms with Crippen molar-refractivity contribution >= 4 is 39.0 Å². The van der Waals surface area contributed by atoms with Crippen molar-refractivity contribution in [2.24, 2.45) is 0 Å². The van der Waals surface area contributed by atoms with Crippen molar-refractivity contribution in [3.8, 4) is 5.75 Å². The molecule has 0 spiro atoms. The summed E-state index contributed by atoms with van der Waals surface area (Å²) in [5, 5.41) is 3.23. The molecule has 1 atom stereocenters. The molecule has 1 aliphatic rings. The van der Waals surface area contributed by atoms with E-state index in [9.17, 15) is 13.2 Å². The maximum absolute atomic E-state index is 12.9. The van der Waals surface area contributed by atoms with Gasteiger partial charge in [-0.25, -0.2) is 13.4 Å². The van der Waals surface area contributed by atoms with Gasteiger partial charge in [0.15, 0.2) is 11.6 Å². The SMILES string of the molecule is C[C@@H](Oc1cc(Cl)cnc1N)c1cccc(NC(=O)c2cccc(S(=O)(=O)N3CCCC3)c2)c1. The van der Waals surface area contributed by atoms with Crippen molar-refractivity contribution in [2.75, 3.05) is 24.1 Å². The Morgan fingerprint density at radius 2 is 1.88 bits per heavy atom. The number of benzene rings is 2. The van der Waals surface area contributed by atoms with Gasteiger partial charge in [0.1, 0.15) is 6.10 Å². The third kappa shape index (κ3) is 5.32. The molecule has 3 N–H and O–H groups in total. The molecule has 1 amide bonds. The van der Waals surface area contributed by atoms with E-state index in [4.69, 9.17) is 22.1 Å². The number of nitrogens with zero attached hydrogens (tertiary/aromatic N) is 2. The van der Waals surface area contributed by atoms with Gasteiger partial charge in [-0.05, 0) is 55.7 Å². The fourth-order valence-electron chi connectivity index (χ4n) is 3.73. The molecule has 1 fully saturated rings. The molecule has 8 nitrogen and oxygen atoms in total.